The molecule has 1 aromatic rings. The van der Waals surface area contributed by atoms with E-state index in [-0.39, 0.29) is 0 Å². The SMILES string of the molecule is COc1ccc(C(C)(N)OC(C)=O)c(OC)c1. The maximum absolute atomic E-state index is 11.0. The number of methoxy groups -OCH3 is 2. The van der Waals surface area contributed by atoms with Crippen molar-refractivity contribution >= 4 is 5.97 Å². The Hall–Kier alpha value is -1.75. The highest BCUT2D eigenvalue weighted by Gasteiger charge is 2.28. The third-order valence-corrected chi connectivity index (χ3v) is 2.30. The molecule has 0 saturated heterocycles. The van der Waals surface area contributed by atoms with Gasteiger partial charge in [0, 0.05) is 13.0 Å². The number of hydrogen-bond donors (Lipinski definition) is 1. The van der Waals surface area contributed by atoms with Gasteiger partial charge in [0.15, 0.2) is 5.72 Å². The molecule has 1 rings (SSSR count). The van der Waals surface area contributed by atoms with Gasteiger partial charge in [0.1, 0.15) is 11.5 Å². The standard InChI is InChI=1S/C12H17NO4/c1-8(14)17-12(2,13)10-6-5-9(15-3)7-11(10)16-4/h5-7H,13H2,1-4H3. The Labute approximate surface area is 100 Å². The number of rotatable bonds is 4. The van der Waals surface area contributed by atoms with Crippen molar-refractivity contribution < 1.29 is 19.0 Å². The van der Waals surface area contributed by atoms with E-state index in [1.54, 1.807) is 32.2 Å². The molecule has 0 aliphatic rings. The monoisotopic (exact) mass is 239 g/mol. The number of carbonyl (C=O) groups excluding carboxylic acids is 1. The summed E-state index contributed by atoms with van der Waals surface area (Å²) in [5.74, 6) is 0.702. The Bertz CT molecular complexity index is 415. The van der Waals surface area contributed by atoms with Gasteiger partial charge in [-0.25, -0.2) is 0 Å². The summed E-state index contributed by atoms with van der Waals surface area (Å²) in [7, 11) is 3.07. The third-order valence-electron chi connectivity index (χ3n) is 2.30. The number of ether oxygens (including phenoxy) is 3. The average molecular weight is 239 g/mol. The zero-order chi connectivity index (χ0) is 13.1. The summed E-state index contributed by atoms with van der Waals surface area (Å²) in [6.45, 7) is 2.90. The van der Waals surface area contributed by atoms with Gasteiger partial charge in [0.05, 0.1) is 19.8 Å². The highest BCUT2D eigenvalue weighted by molar-refractivity contribution is 5.67. The molecular formula is C12H17NO4. The average Bonchev–Trinajstić information content (AvgIpc) is 2.26. The van der Waals surface area contributed by atoms with Crippen LogP contribution in [0.5, 0.6) is 11.5 Å². The van der Waals surface area contributed by atoms with Crippen LogP contribution in [0, 0.1) is 0 Å². The van der Waals surface area contributed by atoms with Crippen LogP contribution in [0.1, 0.15) is 19.4 Å². The maximum Gasteiger partial charge on any atom is 0.304 e. The van der Waals surface area contributed by atoms with Crippen LogP contribution in [0.25, 0.3) is 0 Å². The summed E-state index contributed by atoms with van der Waals surface area (Å²) in [5.41, 5.74) is 5.29. The first kappa shape index (κ1) is 13.3. The van der Waals surface area contributed by atoms with E-state index >= 15 is 0 Å². The van der Waals surface area contributed by atoms with E-state index in [9.17, 15) is 4.79 Å². The topological polar surface area (TPSA) is 70.8 Å². The predicted octanol–water partition coefficient (Wildman–Crippen LogP) is 1.40. The Morgan fingerprint density at radius 3 is 2.41 bits per heavy atom. The highest BCUT2D eigenvalue weighted by atomic mass is 16.6. The van der Waals surface area contributed by atoms with Crippen molar-refractivity contribution in [2.75, 3.05) is 14.2 Å². The first-order chi connectivity index (χ1) is 7.90. The lowest BCUT2D eigenvalue weighted by molar-refractivity contribution is -0.155. The molecule has 0 bridgehead atoms. The molecule has 0 spiro atoms. The van der Waals surface area contributed by atoms with Gasteiger partial charge >= 0.3 is 5.97 Å². The van der Waals surface area contributed by atoms with E-state index in [4.69, 9.17) is 19.9 Å². The van der Waals surface area contributed by atoms with Gasteiger partial charge in [-0.2, -0.15) is 0 Å². The second-order valence-electron chi connectivity index (χ2n) is 3.77. The first-order valence-corrected chi connectivity index (χ1v) is 5.11. The number of hydrogen-bond acceptors (Lipinski definition) is 5. The minimum atomic E-state index is -1.23. The minimum absolute atomic E-state index is 0.451. The van der Waals surface area contributed by atoms with Crippen molar-refractivity contribution in [3.63, 3.8) is 0 Å². The molecular weight excluding hydrogens is 222 g/mol. The molecule has 1 atom stereocenters. The van der Waals surface area contributed by atoms with Crippen molar-refractivity contribution in [3.05, 3.63) is 23.8 Å². The molecule has 0 radical (unpaired) electrons. The summed E-state index contributed by atoms with van der Waals surface area (Å²) < 4.78 is 15.3. The summed E-state index contributed by atoms with van der Waals surface area (Å²) in [6.07, 6.45) is 0. The Morgan fingerprint density at radius 1 is 1.29 bits per heavy atom. The lowest BCUT2D eigenvalue weighted by Crippen LogP contribution is -2.38. The van der Waals surface area contributed by atoms with Crippen LogP contribution >= 0.6 is 0 Å². The molecule has 0 aliphatic carbocycles. The van der Waals surface area contributed by atoms with E-state index < -0.39 is 11.7 Å². The van der Waals surface area contributed by atoms with E-state index in [1.807, 2.05) is 0 Å². The Balaban J connectivity index is 3.16. The third kappa shape index (κ3) is 3.10. The van der Waals surface area contributed by atoms with Crippen molar-refractivity contribution in [1.29, 1.82) is 0 Å². The number of esters is 1. The first-order valence-electron chi connectivity index (χ1n) is 5.11. The van der Waals surface area contributed by atoms with Crippen molar-refractivity contribution in [1.82, 2.24) is 0 Å². The molecule has 0 aromatic heterocycles. The molecule has 0 heterocycles. The van der Waals surface area contributed by atoms with E-state index in [0.29, 0.717) is 17.1 Å². The Morgan fingerprint density at radius 2 is 1.94 bits per heavy atom. The fourth-order valence-electron chi connectivity index (χ4n) is 1.56. The minimum Gasteiger partial charge on any atom is -0.497 e. The predicted molar refractivity (Wildman–Crippen MR) is 62.9 cm³/mol. The Kier molecular flexibility index (Phi) is 3.96. The van der Waals surface area contributed by atoms with Crippen LogP contribution in [0.2, 0.25) is 0 Å². The zero-order valence-corrected chi connectivity index (χ0v) is 10.4. The van der Waals surface area contributed by atoms with Gasteiger partial charge in [0.2, 0.25) is 0 Å². The lowest BCUT2D eigenvalue weighted by Gasteiger charge is -2.26. The largest absolute Gasteiger partial charge is 0.497 e. The van der Waals surface area contributed by atoms with E-state index in [1.165, 1.54) is 14.0 Å². The van der Waals surface area contributed by atoms with Crippen LogP contribution < -0.4 is 15.2 Å². The smallest absolute Gasteiger partial charge is 0.304 e. The second kappa shape index (κ2) is 5.05. The fourth-order valence-corrected chi connectivity index (χ4v) is 1.56. The second-order valence-corrected chi connectivity index (χ2v) is 3.77. The molecule has 5 heteroatoms. The molecule has 17 heavy (non-hydrogen) atoms. The maximum atomic E-state index is 11.0. The van der Waals surface area contributed by atoms with E-state index in [2.05, 4.69) is 0 Å². The molecule has 5 nitrogen and oxygen atoms in total. The highest BCUT2D eigenvalue weighted by Crippen LogP contribution is 2.32. The summed E-state index contributed by atoms with van der Waals surface area (Å²) in [6, 6.07) is 5.12. The van der Waals surface area contributed by atoms with Gasteiger partial charge in [-0.3, -0.25) is 10.5 Å². The molecule has 94 valence electrons. The van der Waals surface area contributed by atoms with Crippen molar-refractivity contribution in [2.45, 2.75) is 19.6 Å². The summed E-state index contributed by atoms with van der Waals surface area (Å²) in [4.78, 5) is 11.0. The van der Waals surface area contributed by atoms with E-state index in [0.717, 1.165) is 0 Å². The molecule has 0 saturated carbocycles. The lowest BCUT2D eigenvalue weighted by atomic mass is 10.0. The van der Waals surface area contributed by atoms with Crippen LogP contribution in [-0.4, -0.2) is 20.2 Å². The van der Waals surface area contributed by atoms with Gasteiger partial charge in [-0.1, -0.05) is 0 Å². The van der Waals surface area contributed by atoms with Crippen LogP contribution in [0.4, 0.5) is 0 Å². The van der Waals surface area contributed by atoms with Crippen LogP contribution in [-0.2, 0) is 15.3 Å². The van der Waals surface area contributed by atoms with Gasteiger partial charge in [-0.15, -0.1) is 0 Å². The fraction of sp³-hybridized carbons (Fsp3) is 0.417. The van der Waals surface area contributed by atoms with Crippen molar-refractivity contribution in [2.24, 2.45) is 5.73 Å². The molecule has 0 aliphatic heterocycles. The molecule has 2 N–H and O–H groups in total. The normalized spacial score (nSPS) is 13.7. The molecule has 0 fully saturated rings. The molecule has 0 amide bonds. The number of nitrogens with two attached hydrogens (primary N) is 1. The van der Waals surface area contributed by atoms with Crippen molar-refractivity contribution in [3.8, 4) is 11.5 Å². The summed E-state index contributed by atoms with van der Waals surface area (Å²) >= 11 is 0. The quantitative estimate of drug-likeness (QED) is 0.635. The van der Waals surface area contributed by atoms with Crippen LogP contribution in [0.15, 0.2) is 18.2 Å². The number of benzene rings is 1. The molecule has 1 unspecified atom stereocenters. The van der Waals surface area contributed by atoms with Gasteiger partial charge in [-0.05, 0) is 19.1 Å². The summed E-state index contributed by atoms with van der Waals surface area (Å²) in [5, 5.41) is 0. The number of carbonyl (C=O) groups is 1. The van der Waals surface area contributed by atoms with Gasteiger partial charge in [0.25, 0.3) is 0 Å². The van der Waals surface area contributed by atoms with Gasteiger partial charge < -0.3 is 14.2 Å². The van der Waals surface area contributed by atoms with Crippen LogP contribution in [0.3, 0.4) is 0 Å². The molecule has 1 aromatic carbocycles. The zero-order valence-electron chi connectivity index (χ0n) is 10.4.